The van der Waals surface area contributed by atoms with Gasteiger partial charge in [-0.1, -0.05) is 23.7 Å². The molecule has 1 saturated carbocycles. The second-order valence-corrected chi connectivity index (χ2v) is 8.17. The van der Waals surface area contributed by atoms with Crippen molar-refractivity contribution in [2.45, 2.75) is 23.3 Å². The predicted molar refractivity (Wildman–Crippen MR) is 104 cm³/mol. The molecule has 0 spiro atoms. The predicted octanol–water partition coefficient (Wildman–Crippen LogP) is 6.30. The summed E-state index contributed by atoms with van der Waals surface area (Å²) in [5.41, 5.74) is 1.20. The lowest BCUT2D eigenvalue weighted by atomic mass is 10.0. The van der Waals surface area contributed by atoms with Crippen molar-refractivity contribution in [3.8, 4) is 0 Å². The largest absolute Gasteiger partial charge is 0.374 e. The fourth-order valence-electron chi connectivity index (χ4n) is 2.71. The molecule has 1 aliphatic carbocycles. The molecule has 8 heteroatoms. The highest BCUT2D eigenvalue weighted by atomic mass is 35.5. The van der Waals surface area contributed by atoms with Gasteiger partial charge in [0.1, 0.15) is 11.6 Å². The molecule has 134 valence electrons. The molecule has 3 nitrogen and oxygen atoms in total. The average Bonchev–Trinajstić information content (AvgIpc) is 3.21. The van der Waals surface area contributed by atoms with E-state index in [-0.39, 0.29) is 17.2 Å². The lowest BCUT2D eigenvalue weighted by molar-refractivity contribution is 0.602. The van der Waals surface area contributed by atoms with E-state index in [2.05, 4.69) is 15.0 Å². The standard InChI is InChI=1S/C18H14ClF2N3S2/c19-13-9-16(26-24-17-22-7-8-25-17)14(21)10-15(13)23-18(5-6-18)11-1-3-12(20)4-2-11/h1-4,7-10,23H,5-6H2,(H,22,24). The smallest absolute Gasteiger partial charge is 0.192 e. The molecule has 3 aromatic rings. The van der Waals surface area contributed by atoms with Gasteiger partial charge in [-0.05, 0) is 54.6 Å². The summed E-state index contributed by atoms with van der Waals surface area (Å²) in [5.74, 6) is -0.649. The summed E-state index contributed by atoms with van der Waals surface area (Å²) in [5, 5.41) is 6.30. The molecular weight excluding hydrogens is 396 g/mol. The third kappa shape index (κ3) is 3.65. The van der Waals surface area contributed by atoms with Crippen molar-refractivity contribution >= 4 is 45.7 Å². The van der Waals surface area contributed by atoms with Crippen molar-refractivity contribution in [2.24, 2.45) is 0 Å². The van der Waals surface area contributed by atoms with E-state index in [1.165, 1.54) is 29.5 Å². The van der Waals surface area contributed by atoms with Crippen LogP contribution in [0.2, 0.25) is 5.02 Å². The number of thiazole rings is 1. The van der Waals surface area contributed by atoms with Crippen LogP contribution >= 0.6 is 34.9 Å². The first-order chi connectivity index (χ1) is 12.6. The lowest BCUT2D eigenvalue weighted by Crippen LogP contribution is -2.19. The van der Waals surface area contributed by atoms with Crippen LogP contribution in [-0.4, -0.2) is 4.98 Å². The number of rotatable bonds is 6. The number of hydrogen-bond acceptors (Lipinski definition) is 5. The molecule has 26 heavy (non-hydrogen) atoms. The van der Waals surface area contributed by atoms with Crippen LogP contribution in [0.25, 0.3) is 0 Å². The van der Waals surface area contributed by atoms with Gasteiger partial charge in [0.2, 0.25) is 0 Å². The van der Waals surface area contributed by atoms with E-state index < -0.39 is 0 Å². The average molecular weight is 410 g/mol. The maximum Gasteiger partial charge on any atom is 0.192 e. The summed E-state index contributed by atoms with van der Waals surface area (Å²) in [6.45, 7) is 0. The molecule has 4 rings (SSSR count). The quantitative estimate of drug-likeness (QED) is 0.469. The number of nitrogens with one attached hydrogen (secondary N) is 2. The van der Waals surface area contributed by atoms with Crippen LogP contribution in [0.1, 0.15) is 18.4 Å². The van der Waals surface area contributed by atoms with Gasteiger partial charge in [-0.15, -0.1) is 11.3 Å². The molecular formula is C18H14ClF2N3S2. The van der Waals surface area contributed by atoms with Crippen LogP contribution in [0.3, 0.4) is 0 Å². The zero-order chi connectivity index (χ0) is 18.1. The molecule has 0 atom stereocenters. The minimum absolute atomic E-state index is 0.275. The Morgan fingerprint density at radius 3 is 2.58 bits per heavy atom. The Hall–Kier alpha value is -1.83. The van der Waals surface area contributed by atoms with Gasteiger partial charge >= 0.3 is 0 Å². The number of aromatic nitrogens is 1. The lowest BCUT2D eigenvalue weighted by Gasteiger charge is -2.21. The molecule has 1 fully saturated rings. The Bertz CT molecular complexity index is 913. The molecule has 0 bridgehead atoms. The van der Waals surface area contributed by atoms with Crippen LogP contribution in [0.5, 0.6) is 0 Å². The van der Waals surface area contributed by atoms with Crippen molar-refractivity contribution in [1.29, 1.82) is 0 Å². The van der Waals surface area contributed by atoms with Gasteiger partial charge in [0.25, 0.3) is 0 Å². The summed E-state index contributed by atoms with van der Waals surface area (Å²) in [4.78, 5) is 4.48. The van der Waals surface area contributed by atoms with Gasteiger partial charge in [-0.25, -0.2) is 13.8 Å². The molecule has 0 unspecified atom stereocenters. The minimum Gasteiger partial charge on any atom is -0.374 e. The highest BCUT2D eigenvalue weighted by molar-refractivity contribution is 8.00. The van der Waals surface area contributed by atoms with Gasteiger partial charge < -0.3 is 10.0 Å². The number of nitrogens with zero attached hydrogens (tertiary/aromatic N) is 1. The highest BCUT2D eigenvalue weighted by Crippen LogP contribution is 2.49. The van der Waals surface area contributed by atoms with E-state index in [1.807, 2.05) is 5.38 Å². The Labute approximate surface area is 162 Å². The summed E-state index contributed by atoms with van der Waals surface area (Å²) in [6, 6.07) is 9.36. The van der Waals surface area contributed by atoms with E-state index in [4.69, 9.17) is 11.6 Å². The van der Waals surface area contributed by atoms with Crippen molar-refractivity contribution in [3.05, 3.63) is 70.2 Å². The first-order valence-electron chi connectivity index (χ1n) is 7.91. The van der Waals surface area contributed by atoms with Gasteiger partial charge in [0.05, 0.1) is 21.1 Å². The van der Waals surface area contributed by atoms with Crippen molar-refractivity contribution in [2.75, 3.05) is 10.0 Å². The van der Waals surface area contributed by atoms with Crippen molar-refractivity contribution in [3.63, 3.8) is 0 Å². The highest BCUT2D eigenvalue weighted by Gasteiger charge is 2.44. The fraction of sp³-hybridized carbons (Fsp3) is 0.167. The molecule has 1 aromatic heterocycles. The summed E-state index contributed by atoms with van der Waals surface area (Å²) < 4.78 is 30.6. The number of anilines is 2. The third-order valence-corrected chi connectivity index (χ3v) is 6.18. The molecule has 1 heterocycles. The van der Waals surface area contributed by atoms with Crippen LogP contribution in [0.15, 0.2) is 52.9 Å². The van der Waals surface area contributed by atoms with E-state index in [0.29, 0.717) is 20.7 Å². The van der Waals surface area contributed by atoms with Crippen LogP contribution in [0.4, 0.5) is 19.6 Å². The summed E-state index contributed by atoms with van der Waals surface area (Å²) >= 11 is 8.93. The maximum atomic E-state index is 14.5. The topological polar surface area (TPSA) is 37.0 Å². The van der Waals surface area contributed by atoms with E-state index in [0.717, 1.165) is 30.4 Å². The van der Waals surface area contributed by atoms with Gasteiger partial charge in [-0.3, -0.25) is 0 Å². The zero-order valence-electron chi connectivity index (χ0n) is 13.4. The molecule has 0 radical (unpaired) electrons. The summed E-state index contributed by atoms with van der Waals surface area (Å²) in [6.07, 6.45) is 3.45. The molecule has 0 amide bonds. The normalized spacial score (nSPS) is 14.9. The Morgan fingerprint density at radius 1 is 1.15 bits per heavy atom. The second kappa shape index (κ2) is 7.06. The first kappa shape index (κ1) is 17.6. The molecule has 1 aliphatic rings. The summed E-state index contributed by atoms with van der Waals surface area (Å²) in [7, 11) is 0. The van der Waals surface area contributed by atoms with Gasteiger partial charge in [-0.2, -0.15) is 0 Å². The maximum absolute atomic E-state index is 14.5. The van der Waals surface area contributed by atoms with E-state index in [1.54, 1.807) is 24.4 Å². The van der Waals surface area contributed by atoms with Crippen LogP contribution in [-0.2, 0) is 5.54 Å². The zero-order valence-corrected chi connectivity index (χ0v) is 15.8. The molecule has 0 aliphatic heterocycles. The number of hydrogen-bond donors (Lipinski definition) is 2. The fourth-order valence-corrected chi connectivity index (χ4v) is 4.26. The monoisotopic (exact) mass is 409 g/mol. The van der Waals surface area contributed by atoms with Crippen molar-refractivity contribution < 1.29 is 8.78 Å². The Balaban J connectivity index is 1.52. The third-order valence-electron chi connectivity index (χ3n) is 4.22. The Morgan fingerprint density at radius 2 is 1.92 bits per heavy atom. The second-order valence-electron chi connectivity index (χ2n) is 6.02. The van der Waals surface area contributed by atoms with Gasteiger partial charge in [0.15, 0.2) is 5.13 Å². The van der Waals surface area contributed by atoms with E-state index in [9.17, 15) is 8.78 Å². The molecule has 2 aromatic carbocycles. The first-order valence-corrected chi connectivity index (χ1v) is 9.99. The number of halogens is 3. The molecule has 2 N–H and O–H groups in total. The minimum atomic E-state index is -0.374. The van der Waals surface area contributed by atoms with E-state index >= 15 is 0 Å². The van der Waals surface area contributed by atoms with Crippen LogP contribution < -0.4 is 10.0 Å². The van der Waals surface area contributed by atoms with Crippen molar-refractivity contribution in [1.82, 2.24) is 4.98 Å². The SMILES string of the molecule is Fc1ccc(C2(Nc3cc(F)c(SNc4nccs4)cc3Cl)CC2)cc1. The molecule has 0 saturated heterocycles. The Kier molecular flexibility index (Phi) is 4.77. The van der Waals surface area contributed by atoms with Crippen LogP contribution in [0, 0.1) is 11.6 Å². The number of benzene rings is 2. The van der Waals surface area contributed by atoms with Gasteiger partial charge in [0, 0.05) is 11.6 Å².